The van der Waals surface area contributed by atoms with E-state index >= 15 is 0 Å². The van der Waals surface area contributed by atoms with Crippen LogP contribution in [0, 0.1) is 5.82 Å². The van der Waals surface area contributed by atoms with Gasteiger partial charge >= 0.3 is 0 Å². The molecule has 0 amide bonds. The fraction of sp³-hybridized carbons (Fsp3) is 0.538. The zero-order chi connectivity index (χ0) is 14.8. The van der Waals surface area contributed by atoms with Gasteiger partial charge in [0, 0.05) is 29.7 Å². The van der Waals surface area contributed by atoms with Gasteiger partial charge in [-0.3, -0.25) is 0 Å². The zero-order valence-electron chi connectivity index (χ0n) is 11.2. The minimum atomic E-state index is -3.56. The van der Waals surface area contributed by atoms with Gasteiger partial charge in [0.1, 0.15) is 5.82 Å². The van der Waals surface area contributed by atoms with Crippen LogP contribution in [-0.2, 0) is 15.9 Å². The Morgan fingerprint density at radius 2 is 2.25 bits per heavy atom. The molecule has 1 heterocycles. The largest absolute Gasteiger partial charge is 0.243 e. The van der Waals surface area contributed by atoms with Gasteiger partial charge in [0.05, 0.1) is 10.8 Å². The molecule has 1 saturated heterocycles. The van der Waals surface area contributed by atoms with Gasteiger partial charge in [0.2, 0.25) is 10.0 Å². The Labute approximate surface area is 128 Å². The van der Waals surface area contributed by atoms with Crippen LogP contribution in [0.1, 0.15) is 18.9 Å². The van der Waals surface area contributed by atoms with E-state index in [4.69, 9.17) is 11.6 Å². The Bertz CT molecular complexity index is 580. The molecule has 0 radical (unpaired) electrons. The molecule has 0 saturated carbocycles. The lowest BCUT2D eigenvalue weighted by Gasteiger charge is -2.31. The lowest BCUT2D eigenvalue weighted by molar-refractivity contribution is 0.416. The number of hydrogen-bond donors (Lipinski definition) is 0. The van der Waals surface area contributed by atoms with Crippen molar-refractivity contribution < 1.29 is 12.8 Å². The molecule has 1 aromatic carbocycles. The molecule has 7 heteroatoms. The lowest BCUT2D eigenvalue weighted by Crippen LogP contribution is -2.41. The van der Waals surface area contributed by atoms with Crippen LogP contribution in [0.25, 0.3) is 0 Å². The molecule has 0 N–H and O–H groups in total. The number of hydrogen-bond acceptors (Lipinski definition) is 3. The summed E-state index contributed by atoms with van der Waals surface area (Å²) in [6, 6.07) is 3.81. The summed E-state index contributed by atoms with van der Waals surface area (Å²) in [5.41, 5.74) is 0.214. The SMILES string of the molecule is CCC1CN(S(=O)(=O)c2ccc(F)c(CCl)c2)CCS1. The quantitative estimate of drug-likeness (QED) is 0.792. The van der Waals surface area contributed by atoms with E-state index in [1.165, 1.54) is 22.5 Å². The van der Waals surface area contributed by atoms with Crippen LogP contribution in [0.15, 0.2) is 23.1 Å². The molecule has 1 aromatic rings. The van der Waals surface area contributed by atoms with Crippen LogP contribution in [0.5, 0.6) is 0 Å². The average Bonchev–Trinajstić information content (AvgIpc) is 2.47. The highest BCUT2D eigenvalue weighted by Gasteiger charge is 2.30. The fourth-order valence-corrected chi connectivity index (χ4v) is 5.25. The molecule has 1 aliphatic heterocycles. The second-order valence-corrected chi connectivity index (χ2v) is 8.26. The molecule has 0 aliphatic carbocycles. The Hall–Kier alpha value is -0.300. The predicted molar refractivity (Wildman–Crippen MR) is 81.3 cm³/mol. The molecule has 1 fully saturated rings. The maximum atomic E-state index is 13.4. The highest BCUT2D eigenvalue weighted by Crippen LogP contribution is 2.27. The molecular formula is C13H17ClFNO2S2. The van der Waals surface area contributed by atoms with E-state index in [0.717, 1.165) is 12.2 Å². The molecule has 2 rings (SSSR count). The van der Waals surface area contributed by atoms with Crippen molar-refractivity contribution in [1.82, 2.24) is 4.31 Å². The van der Waals surface area contributed by atoms with Crippen molar-refractivity contribution in [1.29, 1.82) is 0 Å². The molecular weight excluding hydrogens is 321 g/mol. The van der Waals surface area contributed by atoms with Crippen LogP contribution >= 0.6 is 23.4 Å². The summed E-state index contributed by atoms with van der Waals surface area (Å²) in [4.78, 5) is 0.122. The van der Waals surface area contributed by atoms with E-state index in [-0.39, 0.29) is 16.3 Å². The van der Waals surface area contributed by atoms with E-state index < -0.39 is 15.8 Å². The first-order chi connectivity index (χ1) is 9.48. The number of nitrogens with zero attached hydrogens (tertiary/aromatic N) is 1. The molecule has 20 heavy (non-hydrogen) atoms. The minimum Gasteiger partial charge on any atom is -0.207 e. The maximum Gasteiger partial charge on any atom is 0.243 e. The minimum absolute atomic E-state index is 0.0391. The summed E-state index contributed by atoms with van der Waals surface area (Å²) in [6.45, 7) is 3.06. The smallest absolute Gasteiger partial charge is 0.207 e. The van der Waals surface area contributed by atoms with Gasteiger partial charge in [-0.1, -0.05) is 6.92 Å². The Balaban J connectivity index is 2.30. The van der Waals surface area contributed by atoms with Gasteiger partial charge in [-0.25, -0.2) is 12.8 Å². The van der Waals surface area contributed by atoms with Gasteiger partial charge in [-0.05, 0) is 24.6 Å². The zero-order valence-corrected chi connectivity index (χ0v) is 13.6. The number of halogens is 2. The third-order valence-corrected chi connectivity index (χ3v) is 6.88. The Kier molecular flexibility index (Phi) is 5.34. The van der Waals surface area contributed by atoms with Gasteiger partial charge in [0.25, 0.3) is 0 Å². The topological polar surface area (TPSA) is 37.4 Å². The molecule has 0 spiro atoms. The summed E-state index contributed by atoms with van der Waals surface area (Å²) in [7, 11) is -3.56. The van der Waals surface area contributed by atoms with Gasteiger partial charge in [-0.15, -0.1) is 11.6 Å². The van der Waals surface area contributed by atoms with Gasteiger partial charge < -0.3 is 0 Å². The average molecular weight is 338 g/mol. The van der Waals surface area contributed by atoms with E-state index in [9.17, 15) is 12.8 Å². The lowest BCUT2D eigenvalue weighted by atomic mass is 10.2. The van der Waals surface area contributed by atoms with Crippen molar-refractivity contribution in [2.45, 2.75) is 29.4 Å². The first-order valence-corrected chi connectivity index (χ1v) is 9.47. The Morgan fingerprint density at radius 3 is 2.90 bits per heavy atom. The maximum absolute atomic E-state index is 13.4. The van der Waals surface area contributed by atoms with Crippen molar-refractivity contribution >= 4 is 33.4 Å². The third-order valence-electron chi connectivity index (χ3n) is 3.36. The van der Waals surface area contributed by atoms with E-state index in [0.29, 0.717) is 18.3 Å². The molecule has 1 atom stereocenters. The first kappa shape index (κ1) is 16.1. The monoisotopic (exact) mass is 337 g/mol. The van der Waals surface area contributed by atoms with Crippen molar-refractivity contribution in [2.75, 3.05) is 18.8 Å². The predicted octanol–water partition coefficient (Wildman–Crippen LogP) is 3.08. The van der Waals surface area contributed by atoms with Gasteiger partial charge in [-0.2, -0.15) is 16.1 Å². The second kappa shape index (κ2) is 6.64. The summed E-state index contributed by atoms with van der Waals surface area (Å²) in [6.07, 6.45) is 0.938. The van der Waals surface area contributed by atoms with Crippen LogP contribution in [0.3, 0.4) is 0 Å². The summed E-state index contributed by atoms with van der Waals surface area (Å²) in [5.74, 6) is 0.281. The Morgan fingerprint density at radius 1 is 1.50 bits per heavy atom. The highest BCUT2D eigenvalue weighted by molar-refractivity contribution is 8.00. The number of alkyl halides is 1. The normalized spacial score (nSPS) is 21.1. The van der Waals surface area contributed by atoms with Crippen LogP contribution in [-0.4, -0.2) is 36.8 Å². The molecule has 0 bridgehead atoms. The highest BCUT2D eigenvalue weighted by atomic mass is 35.5. The van der Waals surface area contributed by atoms with Gasteiger partial charge in [0.15, 0.2) is 0 Å². The number of sulfonamides is 1. The van der Waals surface area contributed by atoms with Crippen LogP contribution < -0.4 is 0 Å². The van der Waals surface area contributed by atoms with E-state index in [1.807, 2.05) is 0 Å². The van der Waals surface area contributed by atoms with Crippen molar-refractivity contribution in [3.63, 3.8) is 0 Å². The molecule has 1 unspecified atom stereocenters. The molecule has 112 valence electrons. The van der Waals surface area contributed by atoms with Crippen LogP contribution in [0.2, 0.25) is 0 Å². The van der Waals surface area contributed by atoms with Crippen molar-refractivity contribution in [3.8, 4) is 0 Å². The van der Waals surface area contributed by atoms with E-state index in [1.54, 1.807) is 11.8 Å². The standard InChI is InChI=1S/C13H17ClFNO2S2/c1-2-11-9-16(5-6-19-11)20(17,18)12-3-4-13(15)10(7-12)8-14/h3-4,7,11H,2,5-6,8-9H2,1H3. The van der Waals surface area contributed by atoms with Crippen molar-refractivity contribution in [2.24, 2.45) is 0 Å². The number of thioether (sulfide) groups is 1. The number of rotatable bonds is 4. The summed E-state index contributed by atoms with van der Waals surface area (Å²) in [5, 5.41) is 0.325. The molecule has 0 aromatic heterocycles. The fourth-order valence-electron chi connectivity index (χ4n) is 2.12. The van der Waals surface area contributed by atoms with Crippen LogP contribution in [0.4, 0.5) is 4.39 Å². The third kappa shape index (κ3) is 3.30. The first-order valence-electron chi connectivity index (χ1n) is 6.45. The molecule has 3 nitrogen and oxygen atoms in total. The summed E-state index contributed by atoms with van der Waals surface area (Å²) < 4.78 is 40.1. The van der Waals surface area contributed by atoms with E-state index in [2.05, 4.69) is 6.92 Å². The summed E-state index contributed by atoms with van der Waals surface area (Å²) >= 11 is 7.44. The number of benzene rings is 1. The second-order valence-electron chi connectivity index (χ2n) is 4.65. The van der Waals surface area contributed by atoms with Crippen molar-refractivity contribution in [3.05, 3.63) is 29.6 Å². The molecule has 1 aliphatic rings.